The Bertz CT molecular complexity index is 1080. The average molecular weight is 356 g/mol. The van der Waals surface area contributed by atoms with Crippen molar-refractivity contribution in [3.63, 3.8) is 0 Å². The molecule has 0 saturated carbocycles. The number of para-hydroxylation sites is 1. The Balaban J connectivity index is 1.36. The number of hydrogen-bond donors (Lipinski definition) is 0. The number of piperazine rings is 1. The van der Waals surface area contributed by atoms with Crippen LogP contribution in [0.25, 0.3) is 21.8 Å². The molecular weight excluding hydrogens is 332 g/mol. The van der Waals surface area contributed by atoms with Crippen LogP contribution < -0.4 is 4.90 Å². The van der Waals surface area contributed by atoms with Crippen molar-refractivity contribution in [2.45, 2.75) is 6.54 Å². The zero-order valence-corrected chi connectivity index (χ0v) is 15.7. The molecule has 0 radical (unpaired) electrons. The first-order valence-corrected chi connectivity index (χ1v) is 9.65. The molecule has 4 heteroatoms. The Labute approximate surface area is 159 Å². The van der Waals surface area contributed by atoms with E-state index in [9.17, 15) is 0 Å². The van der Waals surface area contributed by atoms with Crippen LogP contribution >= 0.6 is 0 Å². The van der Waals surface area contributed by atoms with Crippen molar-refractivity contribution in [1.82, 2.24) is 14.5 Å². The van der Waals surface area contributed by atoms with E-state index in [-0.39, 0.29) is 0 Å². The summed E-state index contributed by atoms with van der Waals surface area (Å²) in [4.78, 5) is 9.93. The highest BCUT2D eigenvalue weighted by Crippen LogP contribution is 2.26. The molecule has 0 amide bonds. The zero-order chi connectivity index (χ0) is 18.2. The Morgan fingerprint density at radius 2 is 1.56 bits per heavy atom. The summed E-state index contributed by atoms with van der Waals surface area (Å²) < 4.78 is 2.28. The normalized spacial score (nSPS) is 15.7. The molecule has 1 saturated heterocycles. The molecule has 4 nitrogen and oxygen atoms in total. The summed E-state index contributed by atoms with van der Waals surface area (Å²) in [5.74, 6) is 1.15. The summed E-state index contributed by atoms with van der Waals surface area (Å²) in [5.41, 5.74) is 3.66. The second kappa shape index (κ2) is 6.71. The summed E-state index contributed by atoms with van der Waals surface area (Å²) in [7, 11) is 2.15. The third-order valence-electron chi connectivity index (χ3n) is 5.71. The van der Waals surface area contributed by atoms with Gasteiger partial charge in [0.05, 0.1) is 17.6 Å². The number of anilines is 1. The van der Waals surface area contributed by atoms with E-state index < -0.39 is 0 Å². The maximum Gasteiger partial charge on any atom is 0.123 e. The number of nitrogens with zero attached hydrogens (tertiary/aromatic N) is 4. The van der Waals surface area contributed by atoms with Crippen LogP contribution in [0.5, 0.6) is 0 Å². The fourth-order valence-corrected chi connectivity index (χ4v) is 4.17. The fourth-order valence-electron chi connectivity index (χ4n) is 4.17. The number of benzene rings is 3. The first-order valence-electron chi connectivity index (χ1n) is 9.65. The van der Waals surface area contributed by atoms with Crippen LogP contribution in [0, 0.1) is 0 Å². The number of hydrogen-bond acceptors (Lipinski definition) is 3. The first kappa shape index (κ1) is 16.3. The minimum atomic E-state index is 0.905. The van der Waals surface area contributed by atoms with E-state index in [0.717, 1.165) is 44.1 Å². The first-order chi connectivity index (χ1) is 13.3. The predicted octanol–water partition coefficient (Wildman–Crippen LogP) is 4.05. The topological polar surface area (TPSA) is 24.3 Å². The largest absolute Gasteiger partial charge is 0.369 e. The van der Waals surface area contributed by atoms with Crippen LogP contribution in [0.4, 0.5) is 5.69 Å². The number of imidazole rings is 1. The highest BCUT2D eigenvalue weighted by Gasteiger charge is 2.19. The van der Waals surface area contributed by atoms with Gasteiger partial charge in [-0.05, 0) is 23.6 Å². The zero-order valence-electron chi connectivity index (χ0n) is 15.7. The van der Waals surface area contributed by atoms with Crippen molar-refractivity contribution >= 4 is 27.5 Å². The van der Waals surface area contributed by atoms with Gasteiger partial charge in [0.25, 0.3) is 0 Å². The summed E-state index contributed by atoms with van der Waals surface area (Å²) >= 11 is 0. The van der Waals surface area contributed by atoms with E-state index in [2.05, 4.69) is 88.1 Å². The van der Waals surface area contributed by atoms with E-state index in [4.69, 9.17) is 4.98 Å². The van der Waals surface area contributed by atoms with Gasteiger partial charge in [-0.2, -0.15) is 0 Å². The van der Waals surface area contributed by atoms with Gasteiger partial charge < -0.3 is 9.47 Å². The molecule has 0 unspecified atom stereocenters. The van der Waals surface area contributed by atoms with Crippen LogP contribution in [0.3, 0.4) is 0 Å². The number of fused-ring (bicyclic) bond motifs is 3. The molecule has 0 aliphatic carbocycles. The van der Waals surface area contributed by atoms with Crippen LogP contribution in [-0.2, 0) is 13.6 Å². The Morgan fingerprint density at radius 3 is 2.37 bits per heavy atom. The lowest BCUT2D eigenvalue weighted by atomic mass is 10.1. The molecular formula is C23H24N4. The van der Waals surface area contributed by atoms with Crippen molar-refractivity contribution in [2.75, 3.05) is 31.1 Å². The number of rotatable bonds is 3. The van der Waals surface area contributed by atoms with Crippen molar-refractivity contribution in [3.05, 3.63) is 72.6 Å². The van der Waals surface area contributed by atoms with Gasteiger partial charge in [0.2, 0.25) is 0 Å². The van der Waals surface area contributed by atoms with E-state index in [1.165, 1.54) is 22.0 Å². The minimum Gasteiger partial charge on any atom is -0.369 e. The molecule has 0 atom stereocenters. The lowest BCUT2D eigenvalue weighted by Crippen LogP contribution is -2.46. The van der Waals surface area contributed by atoms with Crippen molar-refractivity contribution in [3.8, 4) is 0 Å². The molecule has 2 heterocycles. The van der Waals surface area contributed by atoms with Gasteiger partial charge in [-0.3, -0.25) is 4.90 Å². The maximum absolute atomic E-state index is 4.94. The molecule has 1 aliphatic heterocycles. The minimum absolute atomic E-state index is 0.905. The van der Waals surface area contributed by atoms with Crippen molar-refractivity contribution in [1.29, 1.82) is 0 Å². The predicted molar refractivity (Wildman–Crippen MR) is 112 cm³/mol. The van der Waals surface area contributed by atoms with Crippen molar-refractivity contribution in [2.24, 2.45) is 7.05 Å². The summed E-state index contributed by atoms with van der Waals surface area (Å²) in [5, 5.41) is 2.56. The fraction of sp³-hybridized carbons (Fsp3) is 0.261. The SMILES string of the molecule is Cn1c(CN2CCN(c3ccccc3)CC2)nc2ccc3ccccc3c21. The molecule has 1 fully saturated rings. The van der Waals surface area contributed by atoms with Gasteiger partial charge in [-0.15, -0.1) is 0 Å². The molecule has 1 aliphatic rings. The van der Waals surface area contributed by atoms with E-state index in [1.807, 2.05) is 0 Å². The van der Waals surface area contributed by atoms with Crippen molar-refractivity contribution < 1.29 is 0 Å². The maximum atomic E-state index is 4.94. The molecule has 136 valence electrons. The molecule has 5 rings (SSSR count). The van der Waals surface area contributed by atoms with Gasteiger partial charge in [0, 0.05) is 44.3 Å². The standard InChI is InChI=1S/C23H24N4/c1-25-22(24-21-12-11-18-7-5-6-10-20(18)23(21)25)17-26-13-15-27(16-14-26)19-8-3-2-4-9-19/h2-12H,13-17H2,1H3. The van der Waals surface area contributed by atoms with Crippen LogP contribution in [0.15, 0.2) is 66.7 Å². The molecule has 0 N–H and O–H groups in total. The average Bonchev–Trinajstić information content (AvgIpc) is 3.05. The van der Waals surface area contributed by atoms with Gasteiger partial charge in [-0.1, -0.05) is 48.5 Å². The van der Waals surface area contributed by atoms with Gasteiger partial charge in [-0.25, -0.2) is 4.98 Å². The van der Waals surface area contributed by atoms with Crippen LogP contribution in [0.1, 0.15) is 5.82 Å². The quantitative estimate of drug-likeness (QED) is 0.553. The second-order valence-electron chi connectivity index (χ2n) is 7.34. The Hall–Kier alpha value is -2.85. The van der Waals surface area contributed by atoms with Gasteiger partial charge in [0.15, 0.2) is 0 Å². The number of aryl methyl sites for hydroxylation is 1. The Morgan fingerprint density at radius 1 is 0.815 bits per heavy atom. The highest BCUT2D eigenvalue weighted by molar-refractivity contribution is 6.04. The Kier molecular flexibility index (Phi) is 4.06. The summed E-state index contributed by atoms with van der Waals surface area (Å²) in [6, 6.07) is 23.6. The third-order valence-corrected chi connectivity index (χ3v) is 5.71. The summed E-state index contributed by atoms with van der Waals surface area (Å²) in [6.07, 6.45) is 0. The lowest BCUT2D eigenvalue weighted by Gasteiger charge is -2.35. The smallest absolute Gasteiger partial charge is 0.123 e. The lowest BCUT2D eigenvalue weighted by molar-refractivity contribution is 0.242. The summed E-state index contributed by atoms with van der Waals surface area (Å²) in [6.45, 7) is 5.17. The second-order valence-corrected chi connectivity index (χ2v) is 7.34. The highest BCUT2D eigenvalue weighted by atomic mass is 15.3. The van der Waals surface area contributed by atoms with E-state index in [1.54, 1.807) is 0 Å². The van der Waals surface area contributed by atoms with Gasteiger partial charge >= 0.3 is 0 Å². The molecule has 4 aromatic rings. The number of aromatic nitrogens is 2. The molecule has 27 heavy (non-hydrogen) atoms. The van der Waals surface area contributed by atoms with E-state index >= 15 is 0 Å². The molecule has 0 bridgehead atoms. The molecule has 1 aromatic heterocycles. The van der Waals surface area contributed by atoms with Gasteiger partial charge in [0.1, 0.15) is 5.82 Å². The molecule has 0 spiro atoms. The monoisotopic (exact) mass is 356 g/mol. The third kappa shape index (κ3) is 2.96. The van der Waals surface area contributed by atoms with Crippen LogP contribution in [-0.4, -0.2) is 40.6 Å². The molecule has 3 aromatic carbocycles. The van der Waals surface area contributed by atoms with Crippen LogP contribution in [0.2, 0.25) is 0 Å². The van der Waals surface area contributed by atoms with E-state index in [0.29, 0.717) is 0 Å².